The minimum absolute atomic E-state index is 0.0731. The van der Waals surface area contributed by atoms with Crippen molar-refractivity contribution in [1.29, 1.82) is 0 Å². The zero-order valence-corrected chi connectivity index (χ0v) is 15.9. The molecule has 3 N–H and O–H groups in total. The van der Waals surface area contributed by atoms with Crippen molar-refractivity contribution in [2.75, 3.05) is 13.6 Å². The van der Waals surface area contributed by atoms with Crippen LogP contribution in [0.5, 0.6) is 0 Å². The first-order valence-corrected chi connectivity index (χ1v) is 9.01. The van der Waals surface area contributed by atoms with Crippen molar-refractivity contribution < 1.29 is 4.79 Å². The van der Waals surface area contributed by atoms with Gasteiger partial charge >= 0.3 is 0 Å². The van der Waals surface area contributed by atoms with Crippen molar-refractivity contribution >= 4 is 23.2 Å². The van der Waals surface area contributed by atoms with Crippen molar-refractivity contribution in [1.82, 2.24) is 20.9 Å². The van der Waals surface area contributed by atoms with E-state index in [9.17, 15) is 4.79 Å². The van der Waals surface area contributed by atoms with Crippen LogP contribution >= 0.6 is 11.3 Å². The van der Waals surface area contributed by atoms with Gasteiger partial charge in [0, 0.05) is 23.5 Å². The van der Waals surface area contributed by atoms with Crippen LogP contribution in [0.4, 0.5) is 0 Å². The predicted molar refractivity (Wildman–Crippen MR) is 104 cm³/mol. The molecule has 1 aromatic carbocycles. The summed E-state index contributed by atoms with van der Waals surface area (Å²) in [6.07, 6.45) is 0. The number of aliphatic imine (C=N–C) groups is 1. The molecular formula is C18H25N5OS. The molecule has 0 aliphatic carbocycles. The first-order chi connectivity index (χ1) is 11.9. The number of benzene rings is 1. The second-order valence-electron chi connectivity index (χ2n) is 6.57. The van der Waals surface area contributed by atoms with E-state index >= 15 is 0 Å². The summed E-state index contributed by atoms with van der Waals surface area (Å²) < 4.78 is 0. The molecule has 0 aliphatic rings. The van der Waals surface area contributed by atoms with Crippen LogP contribution in [0.1, 0.15) is 25.8 Å². The third kappa shape index (κ3) is 6.54. The van der Waals surface area contributed by atoms with Crippen LogP contribution in [0.3, 0.4) is 0 Å². The molecule has 7 heteroatoms. The van der Waals surface area contributed by atoms with Crippen LogP contribution in [-0.4, -0.2) is 36.0 Å². The quantitative estimate of drug-likeness (QED) is 0.566. The van der Waals surface area contributed by atoms with Gasteiger partial charge in [0.15, 0.2) is 5.96 Å². The Morgan fingerprint density at radius 1 is 1.20 bits per heavy atom. The molecule has 1 heterocycles. The molecule has 0 aliphatic heterocycles. The van der Waals surface area contributed by atoms with Crippen molar-refractivity contribution in [2.24, 2.45) is 4.99 Å². The summed E-state index contributed by atoms with van der Waals surface area (Å²) in [6, 6.07) is 10.1. The SMILES string of the molecule is CN=C(NCC(=O)NC(C)(C)C)NCc1nc(-c2ccccc2)cs1. The van der Waals surface area contributed by atoms with Crippen molar-refractivity contribution in [3.05, 3.63) is 40.7 Å². The third-order valence-corrected chi connectivity index (χ3v) is 4.03. The lowest BCUT2D eigenvalue weighted by atomic mass is 10.1. The molecule has 0 bridgehead atoms. The van der Waals surface area contributed by atoms with E-state index < -0.39 is 0 Å². The predicted octanol–water partition coefficient (Wildman–Crippen LogP) is 2.39. The third-order valence-electron chi connectivity index (χ3n) is 3.18. The maximum Gasteiger partial charge on any atom is 0.239 e. The normalized spacial score (nSPS) is 11.9. The monoisotopic (exact) mass is 359 g/mol. The average molecular weight is 359 g/mol. The maximum atomic E-state index is 11.8. The molecule has 0 radical (unpaired) electrons. The average Bonchev–Trinajstić information content (AvgIpc) is 3.03. The van der Waals surface area contributed by atoms with Crippen molar-refractivity contribution in [2.45, 2.75) is 32.9 Å². The van der Waals surface area contributed by atoms with Crippen LogP contribution in [-0.2, 0) is 11.3 Å². The Kier molecular flexibility index (Phi) is 6.52. The summed E-state index contributed by atoms with van der Waals surface area (Å²) in [4.78, 5) is 20.6. The lowest BCUT2D eigenvalue weighted by Gasteiger charge is -2.21. The standard InChI is InChI=1S/C18H25N5OS/c1-18(2,3)23-15(24)10-20-17(19-4)21-11-16-22-14(12-25-16)13-8-6-5-7-9-13/h5-9,12H,10-11H2,1-4H3,(H,23,24)(H2,19,20,21). The maximum absolute atomic E-state index is 11.8. The number of carbonyl (C=O) groups is 1. The Bertz CT molecular complexity index is 719. The number of nitrogens with one attached hydrogen (secondary N) is 3. The van der Waals surface area contributed by atoms with E-state index in [4.69, 9.17) is 0 Å². The molecule has 25 heavy (non-hydrogen) atoms. The Morgan fingerprint density at radius 2 is 1.92 bits per heavy atom. The molecule has 0 unspecified atom stereocenters. The number of thiazole rings is 1. The van der Waals surface area contributed by atoms with Gasteiger partial charge in [-0.05, 0) is 20.8 Å². The molecule has 2 aromatic rings. The van der Waals surface area contributed by atoms with E-state index in [0.717, 1.165) is 16.3 Å². The number of hydrogen-bond acceptors (Lipinski definition) is 4. The molecule has 0 spiro atoms. The summed E-state index contributed by atoms with van der Waals surface area (Å²) in [5.41, 5.74) is 1.83. The lowest BCUT2D eigenvalue weighted by Crippen LogP contribution is -2.48. The summed E-state index contributed by atoms with van der Waals surface area (Å²) in [6.45, 7) is 6.57. The smallest absolute Gasteiger partial charge is 0.239 e. The van der Waals surface area contributed by atoms with Gasteiger partial charge in [-0.25, -0.2) is 4.98 Å². The molecule has 0 saturated carbocycles. The summed E-state index contributed by atoms with van der Waals surface area (Å²) in [5.74, 6) is 0.497. The number of guanidine groups is 1. The highest BCUT2D eigenvalue weighted by molar-refractivity contribution is 7.09. The molecule has 0 saturated heterocycles. The van der Waals surface area contributed by atoms with Crippen LogP contribution in [0.2, 0.25) is 0 Å². The lowest BCUT2D eigenvalue weighted by molar-refractivity contribution is -0.121. The molecule has 0 fully saturated rings. The fourth-order valence-corrected chi connectivity index (χ4v) is 2.88. The fourth-order valence-electron chi connectivity index (χ4n) is 2.14. The number of rotatable bonds is 5. The van der Waals surface area contributed by atoms with Gasteiger partial charge < -0.3 is 16.0 Å². The van der Waals surface area contributed by atoms with Gasteiger partial charge in [-0.3, -0.25) is 9.79 Å². The zero-order valence-electron chi connectivity index (χ0n) is 15.1. The topological polar surface area (TPSA) is 78.4 Å². The van der Waals surface area contributed by atoms with E-state index in [-0.39, 0.29) is 18.0 Å². The van der Waals surface area contributed by atoms with Gasteiger partial charge in [0.2, 0.25) is 5.91 Å². The summed E-state index contributed by atoms with van der Waals surface area (Å²) >= 11 is 1.59. The second-order valence-corrected chi connectivity index (χ2v) is 7.51. The molecular weight excluding hydrogens is 334 g/mol. The summed E-state index contributed by atoms with van der Waals surface area (Å²) in [5, 5.41) is 12.1. The minimum atomic E-state index is -0.246. The number of nitrogens with zero attached hydrogens (tertiary/aromatic N) is 2. The van der Waals surface area contributed by atoms with Gasteiger partial charge in [-0.1, -0.05) is 30.3 Å². The van der Waals surface area contributed by atoms with E-state index in [1.165, 1.54) is 0 Å². The molecule has 1 amide bonds. The number of aromatic nitrogens is 1. The number of hydrogen-bond donors (Lipinski definition) is 3. The van der Waals surface area contributed by atoms with Gasteiger partial charge in [0.1, 0.15) is 5.01 Å². The van der Waals surface area contributed by atoms with Gasteiger partial charge in [-0.2, -0.15) is 0 Å². The van der Waals surface area contributed by atoms with Crippen molar-refractivity contribution in [3.63, 3.8) is 0 Å². The Labute approximate surface area is 152 Å². The van der Waals surface area contributed by atoms with Gasteiger partial charge in [0.25, 0.3) is 0 Å². The van der Waals surface area contributed by atoms with Crippen LogP contribution in [0.15, 0.2) is 40.7 Å². The highest BCUT2D eigenvalue weighted by Crippen LogP contribution is 2.21. The van der Waals surface area contributed by atoms with Crippen LogP contribution in [0, 0.1) is 0 Å². The van der Waals surface area contributed by atoms with E-state index in [1.807, 2.05) is 56.5 Å². The van der Waals surface area contributed by atoms with Gasteiger partial charge in [-0.15, -0.1) is 11.3 Å². The molecule has 134 valence electrons. The molecule has 2 rings (SSSR count). The fraction of sp³-hybridized carbons (Fsp3) is 0.389. The largest absolute Gasteiger partial charge is 0.350 e. The van der Waals surface area contributed by atoms with E-state index in [0.29, 0.717) is 12.5 Å². The first-order valence-electron chi connectivity index (χ1n) is 8.13. The number of carbonyl (C=O) groups excluding carboxylic acids is 1. The second kappa shape index (κ2) is 8.62. The van der Waals surface area contributed by atoms with Gasteiger partial charge in [0.05, 0.1) is 18.8 Å². The minimum Gasteiger partial charge on any atom is -0.350 e. The Hall–Kier alpha value is -2.41. The van der Waals surface area contributed by atoms with Crippen molar-refractivity contribution in [3.8, 4) is 11.3 Å². The molecule has 6 nitrogen and oxygen atoms in total. The molecule has 0 atom stereocenters. The zero-order chi connectivity index (χ0) is 18.3. The Balaban J connectivity index is 1.83. The van der Waals surface area contributed by atoms with E-state index in [2.05, 4.69) is 25.9 Å². The summed E-state index contributed by atoms with van der Waals surface area (Å²) in [7, 11) is 1.67. The van der Waals surface area contributed by atoms with Crippen LogP contribution in [0.25, 0.3) is 11.3 Å². The van der Waals surface area contributed by atoms with E-state index in [1.54, 1.807) is 18.4 Å². The Morgan fingerprint density at radius 3 is 2.56 bits per heavy atom. The highest BCUT2D eigenvalue weighted by atomic mass is 32.1. The number of amides is 1. The van der Waals surface area contributed by atoms with Crippen LogP contribution < -0.4 is 16.0 Å². The molecule has 1 aromatic heterocycles. The highest BCUT2D eigenvalue weighted by Gasteiger charge is 2.13. The first kappa shape index (κ1) is 18.9.